The van der Waals surface area contributed by atoms with Crippen LogP contribution in [-0.2, 0) is 75.8 Å². The molecule has 0 spiro atoms. The van der Waals surface area contributed by atoms with Gasteiger partial charge < -0.3 is 105 Å². The zero-order chi connectivity index (χ0) is 18.9. The molecule has 0 fully saturated rings. The van der Waals surface area contributed by atoms with Crippen LogP contribution in [0.25, 0.3) is 0 Å². The summed E-state index contributed by atoms with van der Waals surface area (Å²) < 4.78 is 0. The van der Waals surface area contributed by atoms with Gasteiger partial charge in [0, 0.05) is 64.1 Å². The smallest absolute Gasteiger partial charge is 0.737 e. The van der Waals surface area contributed by atoms with Gasteiger partial charge in [0.05, 0.1) is 0 Å². The number of hydrogen-bond donors (Lipinski definition) is 0. The number of benzene rings is 1. The van der Waals surface area contributed by atoms with E-state index in [1.165, 1.54) is 0 Å². The van der Waals surface area contributed by atoms with E-state index in [4.69, 9.17) is 0 Å². The van der Waals surface area contributed by atoms with Gasteiger partial charge in [0.25, 0.3) is 0 Å². The van der Waals surface area contributed by atoms with Gasteiger partial charge in [-0.25, -0.2) is 0 Å². The molecule has 1 aromatic carbocycles. The molecule has 0 aliphatic rings. The summed E-state index contributed by atoms with van der Waals surface area (Å²) in [6, 6.07) is 0. The van der Waals surface area contributed by atoms with Crippen molar-refractivity contribution in [3.63, 3.8) is 0 Å². The summed E-state index contributed by atoms with van der Waals surface area (Å²) in [5, 5.41) is -7.86. The SMILES string of the molecule is O=C([S-])c1c(C(=O)[S-])c(C(=O)[S-])c(C(=O)[S-])c(C(=O)[S-])c1C(=O)[S-].[Na+].[Na+].[Na+].[Na+].[Na+].[Na+]. The first-order valence-corrected chi connectivity index (χ1v) is 7.90. The third-order valence-corrected chi connectivity index (χ3v) is 3.95. The minimum Gasteiger partial charge on any atom is -0.737 e. The Morgan fingerprint density at radius 2 is 0.367 bits per heavy atom. The number of carbonyl (C=O) groups excluding carboxylic acids is 6. The summed E-state index contributed by atoms with van der Waals surface area (Å²) in [5.74, 6) is 0. The minimum absolute atomic E-state index is 0. The predicted molar refractivity (Wildman–Crippen MR) is 96.6 cm³/mol. The molecule has 0 heterocycles. The molecule has 1 rings (SSSR count). The number of carbonyl (C=O) groups is 6. The van der Waals surface area contributed by atoms with Crippen molar-refractivity contribution < 1.29 is 206 Å². The molecule has 0 aromatic heterocycles. The maximum Gasteiger partial charge on any atom is 1.00 e. The van der Waals surface area contributed by atoms with Crippen LogP contribution in [0.1, 0.15) is 62.1 Å². The maximum atomic E-state index is 11.7. The van der Waals surface area contributed by atoms with Gasteiger partial charge in [0.2, 0.25) is 0 Å². The van der Waals surface area contributed by atoms with Crippen molar-refractivity contribution in [3.8, 4) is 0 Å². The zero-order valence-electron chi connectivity index (χ0n) is 16.9. The molecule has 0 aliphatic heterocycles. The topological polar surface area (TPSA) is 102 Å². The molecule has 126 valence electrons. The van der Waals surface area contributed by atoms with Crippen LogP contribution in [0.3, 0.4) is 0 Å². The summed E-state index contributed by atoms with van der Waals surface area (Å²) in [4.78, 5) is 70.5. The number of hydrogen-bond acceptors (Lipinski definition) is 12. The molecule has 0 bridgehead atoms. The Kier molecular flexibility index (Phi) is 34.4. The van der Waals surface area contributed by atoms with E-state index in [1.54, 1.807) is 0 Å². The Morgan fingerprint density at radius 1 is 0.300 bits per heavy atom. The molecule has 0 amide bonds. The van der Waals surface area contributed by atoms with Crippen LogP contribution in [0.2, 0.25) is 0 Å². The second-order valence-corrected chi connectivity index (χ2v) is 6.20. The van der Waals surface area contributed by atoms with E-state index in [1.807, 2.05) is 0 Å². The van der Waals surface area contributed by atoms with Gasteiger partial charge in [-0.3, -0.25) is 0 Å². The van der Waals surface area contributed by atoms with Gasteiger partial charge in [0.15, 0.2) is 0 Å². The molecule has 0 N–H and O–H groups in total. The van der Waals surface area contributed by atoms with E-state index in [0.29, 0.717) is 0 Å². The Labute approximate surface area is 338 Å². The van der Waals surface area contributed by atoms with Crippen LogP contribution < -0.4 is 177 Å². The van der Waals surface area contributed by atoms with Crippen molar-refractivity contribution in [3.05, 3.63) is 33.4 Å². The second kappa shape index (κ2) is 21.6. The summed E-state index contributed by atoms with van der Waals surface area (Å²) in [6.45, 7) is 0. The van der Waals surface area contributed by atoms with Crippen LogP contribution in [0.4, 0.5) is 0 Å². The fraction of sp³-hybridized carbons (Fsp3) is 0. The fourth-order valence-corrected chi connectivity index (χ4v) is 3.20. The molecule has 0 radical (unpaired) electrons. The standard InChI is InChI=1S/C12H6O6S6.6Na/c13-7(19)1-2(8(14)20)4(10(16)22)6(12(18)24)5(11(17)23)3(1)9(15)21;;;;;;/h(H,13,19)(H,14,20)(H,15,21)(H,16,22)(H,17,23)(H,18,24);;;;;;/q;6*+1/p-6. The predicted octanol–water partition coefficient (Wildman–Crippen LogP) is -18.2. The molecule has 0 atom stereocenters. The molecule has 0 unspecified atom stereocenters. The Hall–Kier alpha value is 4.56. The van der Waals surface area contributed by atoms with E-state index in [0.717, 1.165) is 0 Å². The largest absolute Gasteiger partial charge is 1.00 e. The van der Waals surface area contributed by atoms with Crippen LogP contribution in [0.15, 0.2) is 0 Å². The molecule has 0 saturated heterocycles. The Morgan fingerprint density at radius 3 is 0.400 bits per heavy atom. The van der Waals surface area contributed by atoms with Crippen LogP contribution in [0, 0.1) is 0 Å². The summed E-state index contributed by atoms with van der Waals surface area (Å²) >= 11 is 26.5. The summed E-state index contributed by atoms with van der Waals surface area (Å²) in [5.41, 5.74) is -5.13. The third kappa shape index (κ3) is 11.7. The molecule has 0 aliphatic carbocycles. The molecular formula is C12Na6O6S6. The quantitative estimate of drug-likeness (QED) is 0.240. The van der Waals surface area contributed by atoms with Crippen molar-refractivity contribution in [1.82, 2.24) is 0 Å². The maximum absolute atomic E-state index is 11.7. The average Bonchev–Trinajstić information content (AvgIpc) is 2.42. The van der Waals surface area contributed by atoms with Crippen molar-refractivity contribution in [2.24, 2.45) is 0 Å². The number of rotatable bonds is 6. The van der Waals surface area contributed by atoms with Gasteiger partial charge in [-0.2, -0.15) is 0 Å². The van der Waals surface area contributed by atoms with Crippen molar-refractivity contribution >= 4 is 106 Å². The van der Waals surface area contributed by atoms with Crippen LogP contribution in [-0.4, -0.2) is 30.7 Å². The fourth-order valence-electron chi connectivity index (χ4n) is 1.97. The van der Waals surface area contributed by atoms with Gasteiger partial charge in [-0.05, 0) is 0 Å². The summed E-state index contributed by atoms with van der Waals surface area (Å²) in [7, 11) is 0. The van der Waals surface area contributed by atoms with E-state index in [9.17, 15) is 28.8 Å². The minimum atomic E-state index is -1.31. The Bertz CT molecular complexity index is 667. The van der Waals surface area contributed by atoms with Crippen molar-refractivity contribution in [2.45, 2.75) is 0 Å². The molecule has 6 nitrogen and oxygen atoms in total. The monoisotopic (exact) mass is 570 g/mol. The van der Waals surface area contributed by atoms with E-state index in [2.05, 4.69) is 75.8 Å². The van der Waals surface area contributed by atoms with E-state index in [-0.39, 0.29) is 177 Å². The van der Waals surface area contributed by atoms with Crippen LogP contribution in [0.5, 0.6) is 0 Å². The average molecular weight is 570 g/mol. The van der Waals surface area contributed by atoms with Gasteiger partial charge in [-0.1, -0.05) is 0 Å². The summed E-state index contributed by atoms with van der Waals surface area (Å²) in [6.07, 6.45) is 0. The molecular weight excluding hydrogens is 570 g/mol. The van der Waals surface area contributed by atoms with E-state index >= 15 is 0 Å². The Balaban J connectivity index is -0.000000240. The molecule has 0 saturated carbocycles. The van der Waals surface area contributed by atoms with Gasteiger partial charge in [-0.15, -0.1) is 0 Å². The first kappa shape index (κ1) is 47.7. The third-order valence-electron chi connectivity index (χ3n) is 2.72. The zero-order valence-corrected chi connectivity index (χ0v) is 33.8. The normalized spacial score (nSPS) is 8.00. The van der Waals surface area contributed by atoms with Crippen LogP contribution >= 0.6 is 0 Å². The molecule has 30 heavy (non-hydrogen) atoms. The first-order chi connectivity index (χ1) is 10.9. The molecule has 1 aromatic rings. The second-order valence-electron chi connectivity index (χ2n) is 3.97. The van der Waals surface area contributed by atoms with Crippen molar-refractivity contribution in [1.29, 1.82) is 0 Å². The first-order valence-electron chi connectivity index (χ1n) is 5.45. The van der Waals surface area contributed by atoms with Gasteiger partial charge >= 0.3 is 177 Å². The van der Waals surface area contributed by atoms with Crippen molar-refractivity contribution in [2.75, 3.05) is 0 Å². The van der Waals surface area contributed by atoms with Gasteiger partial charge in [0.1, 0.15) is 0 Å². The van der Waals surface area contributed by atoms with E-state index < -0.39 is 64.1 Å². The molecule has 18 heteroatoms.